The highest BCUT2D eigenvalue weighted by atomic mass is 35.5. The van der Waals surface area contributed by atoms with Gasteiger partial charge in [0.2, 0.25) is 11.8 Å². The lowest BCUT2D eigenvalue weighted by atomic mass is 10.3. The molecule has 0 saturated carbocycles. The maximum atomic E-state index is 5.53. The van der Waals surface area contributed by atoms with E-state index in [0.29, 0.717) is 30.9 Å². The van der Waals surface area contributed by atoms with Crippen LogP contribution in [0.15, 0.2) is 4.42 Å². The molecule has 0 bridgehead atoms. The van der Waals surface area contributed by atoms with Crippen molar-refractivity contribution in [1.29, 1.82) is 0 Å². The van der Waals surface area contributed by atoms with Gasteiger partial charge in [0.25, 0.3) is 0 Å². The molecule has 1 aromatic heterocycles. The summed E-state index contributed by atoms with van der Waals surface area (Å²) in [5.74, 6) is 1.78. The molecule has 1 aromatic rings. The van der Waals surface area contributed by atoms with Crippen LogP contribution in [0.1, 0.15) is 25.1 Å². The molecule has 0 amide bonds. The predicted octanol–water partition coefficient (Wildman–Crippen LogP) is 1.78. The van der Waals surface area contributed by atoms with Crippen molar-refractivity contribution in [2.45, 2.75) is 26.4 Å². The van der Waals surface area contributed by atoms with Gasteiger partial charge in [-0.15, -0.1) is 21.8 Å². The third kappa shape index (κ3) is 3.74. The maximum absolute atomic E-state index is 5.53. The van der Waals surface area contributed by atoms with Crippen LogP contribution in [-0.2, 0) is 17.8 Å². The van der Waals surface area contributed by atoms with Crippen LogP contribution < -0.4 is 0 Å². The Hall–Kier alpha value is -0.610. The normalized spacial score (nSPS) is 10.6. The molecule has 0 radical (unpaired) electrons. The molecule has 0 aromatic carbocycles. The SMILES string of the molecule is CCOCc1nnc(CCCCl)o1. The summed E-state index contributed by atoms with van der Waals surface area (Å²) in [4.78, 5) is 0. The molecule has 1 rings (SSSR count). The molecule has 13 heavy (non-hydrogen) atoms. The Kier molecular flexibility index (Phi) is 4.78. The fourth-order valence-corrected chi connectivity index (χ4v) is 0.989. The number of aryl methyl sites for hydroxylation is 1. The number of hydrogen-bond donors (Lipinski definition) is 0. The summed E-state index contributed by atoms with van der Waals surface area (Å²) in [6.07, 6.45) is 1.60. The van der Waals surface area contributed by atoms with Gasteiger partial charge in [0.1, 0.15) is 6.61 Å². The smallest absolute Gasteiger partial charge is 0.242 e. The van der Waals surface area contributed by atoms with Crippen molar-refractivity contribution in [2.75, 3.05) is 12.5 Å². The van der Waals surface area contributed by atoms with Crippen molar-refractivity contribution in [3.63, 3.8) is 0 Å². The summed E-state index contributed by atoms with van der Waals surface area (Å²) in [7, 11) is 0. The van der Waals surface area contributed by atoms with Crippen molar-refractivity contribution >= 4 is 11.6 Å². The third-order valence-electron chi connectivity index (χ3n) is 1.46. The first kappa shape index (κ1) is 10.5. The van der Waals surface area contributed by atoms with Gasteiger partial charge in [0, 0.05) is 18.9 Å². The minimum absolute atomic E-state index is 0.393. The quantitative estimate of drug-likeness (QED) is 0.663. The molecule has 0 aliphatic heterocycles. The van der Waals surface area contributed by atoms with E-state index in [-0.39, 0.29) is 0 Å². The lowest BCUT2D eigenvalue weighted by Crippen LogP contribution is -1.91. The van der Waals surface area contributed by atoms with Crippen LogP contribution in [0.2, 0.25) is 0 Å². The third-order valence-corrected chi connectivity index (χ3v) is 1.73. The lowest BCUT2D eigenvalue weighted by molar-refractivity contribution is 0.113. The van der Waals surface area contributed by atoms with E-state index in [4.69, 9.17) is 20.8 Å². The predicted molar refractivity (Wildman–Crippen MR) is 48.7 cm³/mol. The fourth-order valence-electron chi connectivity index (χ4n) is 0.855. The summed E-state index contributed by atoms with van der Waals surface area (Å²) in [6, 6.07) is 0. The molecule has 0 unspecified atom stereocenters. The number of ether oxygens (including phenoxy) is 1. The number of rotatable bonds is 6. The topological polar surface area (TPSA) is 48.2 Å². The van der Waals surface area contributed by atoms with Crippen LogP contribution in [0.3, 0.4) is 0 Å². The second kappa shape index (κ2) is 5.94. The molecule has 0 atom stereocenters. The monoisotopic (exact) mass is 204 g/mol. The molecule has 0 aliphatic rings. The molecule has 1 heterocycles. The number of hydrogen-bond acceptors (Lipinski definition) is 4. The van der Waals surface area contributed by atoms with E-state index in [9.17, 15) is 0 Å². The van der Waals surface area contributed by atoms with Crippen molar-refractivity contribution in [1.82, 2.24) is 10.2 Å². The van der Waals surface area contributed by atoms with Crippen LogP contribution in [0, 0.1) is 0 Å². The van der Waals surface area contributed by atoms with Gasteiger partial charge in [-0.3, -0.25) is 0 Å². The molecular weight excluding hydrogens is 192 g/mol. The van der Waals surface area contributed by atoms with E-state index < -0.39 is 0 Å². The standard InChI is InChI=1S/C8H13ClN2O2/c1-2-12-6-8-11-10-7(13-8)4-3-5-9/h2-6H2,1H3. The van der Waals surface area contributed by atoms with Crippen molar-refractivity contribution < 1.29 is 9.15 Å². The van der Waals surface area contributed by atoms with Gasteiger partial charge < -0.3 is 9.15 Å². The van der Waals surface area contributed by atoms with Crippen molar-refractivity contribution in [3.05, 3.63) is 11.8 Å². The van der Waals surface area contributed by atoms with Gasteiger partial charge in [-0.25, -0.2) is 0 Å². The summed E-state index contributed by atoms with van der Waals surface area (Å²) in [5.41, 5.74) is 0. The van der Waals surface area contributed by atoms with Gasteiger partial charge in [-0.1, -0.05) is 0 Å². The van der Waals surface area contributed by atoms with E-state index in [1.54, 1.807) is 0 Å². The molecule has 0 spiro atoms. The van der Waals surface area contributed by atoms with Gasteiger partial charge >= 0.3 is 0 Å². The van der Waals surface area contributed by atoms with Crippen molar-refractivity contribution in [2.24, 2.45) is 0 Å². The average Bonchev–Trinajstić information content (AvgIpc) is 2.59. The van der Waals surface area contributed by atoms with Gasteiger partial charge in [-0.05, 0) is 13.3 Å². The second-order valence-corrected chi connectivity index (χ2v) is 2.90. The first-order chi connectivity index (χ1) is 6.36. The van der Waals surface area contributed by atoms with Crippen molar-refractivity contribution in [3.8, 4) is 0 Å². The Labute approximate surface area is 82.2 Å². The van der Waals surface area contributed by atoms with Crippen LogP contribution >= 0.6 is 11.6 Å². The number of alkyl halides is 1. The Bertz CT molecular complexity index is 217. The second-order valence-electron chi connectivity index (χ2n) is 2.52. The average molecular weight is 205 g/mol. The zero-order valence-electron chi connectivity index (χ0n) is 7.62. The molecule has 0 aliphatic carbocycles. The van der Waals surface area contributed by atoms with Crippen LogP contribution in [-0.4, -0.2) is 22.7 Å². The van der Waals surface area contributed by atoms with Crippen LogP contribution in [0.4, 0.5) is 0 Å². The number of aromatic nitrogens is 2. The highest BCUT2D eigenvalue weighted by molar-refractivity contribution is 6.17. The van der Waals surface area contributed by atoms with E-state index in [1.807, 2.05) is 6.92 Å². The Morgan fingerprint density at radius 1 is 1.38 bits per heavy atom. The first-order valence-electron chi connectivity index (χ1n) is 4.31. The maximum Gasteiger partial charge on any atom is 0.242 e. The molecule has 74 valence electrons. The largest absolute Gasteiger partial charge is 0.423 e. The van der Waals surface area contributed by atoms with Crippen LogP contribution in [0.5, 0.6) is 0 Å². The fraction of sp³-hybridized carbons (Fsp3) is 0.750. The summed E-state index contributed by atoms with van der Waals surface area (Å²) in [5, 5.41) is 7.67. The molecule has 4 nitrogen and oxygen atoms in total. The zero-order chi connectivity index (χ0) is 9.52. The van der Waals surface area contributed by atoms with Gasteiger partial charge in [0.05, 0.1) is 0 Å². The van der Waals surface area contributed by atoms with E-state index >= 15 is 0 Å². The molecule has 0 saturated heterocycles. The molecular formula is C8H13ClN2O2. The minimum atomic E-state index is 0.393. The highest BCUT2D eigenvalue weighted by Gasteiger charge is 2.04. The number of halogens is 1. The minimum Gasteiger partial charge on any atom is -0.423 e. The summed E-state index contributed by atoms with van der Waals surface area (Å²) >= 11 is 5.53. The number of nitrogens with zero attached hydrogens (tertiary/aromatic N) is 2. The Morgan fingerprint density at radius 3 is 2.85 bits per heavy atom. The van der Waals surface area contributed by atoms with E-state index in [2.05, 4.69) is 10.2 Å². The molecule has 0 N–H and O–H groups in total. The first-order valence-corrected chi connectivity index (χ1v) is 4.85. The Morgan fingerprint density at radius 2 is 2.15 bits per heavy atom. The van der Waals surface area contributed by atoms with Crippen LogP contribution in [0.25, 0.3) is 0 Å². The van der Waals surface area contributed by atoms with E-state index in [1.165, 1.54) is 0 Å². The lowest BCUT2D eigenvalue weighted by Gasteiger charge is -1.93. The zero-order valence-corrected chi connectivity index (χ0v) is 8.38. The van der Waals surface area contributed by atoms with E-state index in [0.717, 1.165) is 12.8 Å². The van der Waals surface area contributed by atoms with Gasteiger partial charge in [0.15, 0.2) is 0 Å². The van der Waals surface area contributed by atoms with Gasteiger partial charge in [-0.2, -0.15) is 0 Å². The molecule has 5 heteroatoms. The Balaban J connectivity index is 2.34. The molecule has 0 fully saturated rings. The highest BCUT2D eigenvalue weighted by Crippen LogP contribution is 2.04. The summed E-state index contributed by atoms with van der Waals surface area (Å²) in [6.45, 7) is 2.97. The summed E-state index contributed by atoms with van der Waals surface area (Å²) < 4.78 is 10.4.